The molecule has 0 aliphatic rings. The molecule has 1 rings (SSSR count). The van der Waals surface area contributed by atoms with Gasteiger partial charge in [-0.05, 0) is 48.5 Å². The normalized spacial score (nSPS) is 10.7. The Morgan fingerprint density at radius 2 is 2.05 bits per heavy atom. The molecular formula is C14H21N3O2S. The number of hydrogen-bond donors (Lipinski definition) is 2. The summed E-state index contributed by atoms with van der Waals surface area (Å²) in [4.78, 5) is 0. The van der Waals surface area contributed by atoms with Gasteiger partial charge >= 0.3 is 0 Å². The van der Waals surface area contributed by atoms with E-state index in [0.717, 1.165) is 30.8 Å². The number of ether oxygens (including phenoxy) is 2. The molecule has 0 atom stereocenters. The van der Waals surface area contributed by atoms with Gasteiger partial charge < -0.3 is 15.2 Å². The second-order valence-electron chi connectivity index (χ2n) is 4.12. The fourth-order valence-corrected chi connectivity index (χ4v) is 1.44. The molecule has 1 aromatic carbocycles. The van der Waals surface area contributed by atoms with E-state index in [1.807, 2.05) is 24.3 Å². The predicted molar refractivity (Wildman–Crippen MR) is 85.2 cm³/mol. The number of thiocarbonyl (C=S) groups is 1. The molecule has 0 spiro atoms. The lowest BCUT2D eigenvalue weighted by atomic mass is 10.2. The van der Waals surface area contributed by atoms with Crippen molar-refractivity contribution >= 4 is 23.5 Å². The summed E-state index contributed by atoms with van der Waals surface area (Å²) in [5, 5.41) is 4.02. The molecule has 0 saturated carbocycles. The Bertz CT molecular complexity index is 421. The molecule has 6 heteroatoms. The van der Waals surface area contributed by atoms with Crippen molar-refractivity contribution in [3.63, 3.8) is 0 Å². The van der Waals surface area contributed by atoms with Crippen molar-refractivity contribution in [2.24, 2.45) is 10.8 Å². The van der Waals surface area contributed by atoms with Gasteiger partial charge in [0.15, 0.2) is 5.11 Å². The van der Waals surface area contributed by atoms with E-state index in [1.54, 1.807) is 6.21 Å². The number of nitrogens with one attached hydrogen (secondary N) is 1. The molecule has 20 heavy (non-hydrogen) atoms. The summed E-state index contributed by atoms with van der Waals surface area (Å²) in [7, 11) is 0. The Morgan fingerprint density at radius 1 is 1.30 bits per heavy atom. The molecular weight excluding hydrogens is 274 g/mol. The molecule has 0 saturated heterocycles. The second-order valence-corrected chi connectivity index (χ2v) is 4.56. The Kier molecular flexibility index (Phi) is 8.33. The van der Waals surface area contributed by atoms with Crippen LogP contribution >= 0.6 is 12.2 Å². The van der Waals surface area contributed by atoms with Gasteiger partial charge in [-0.15, -0.1) is 0 Å². The van der Waals surface area contributed by atoms with Crippen molar-refractivity contribution < 1.29 is 9.47 Å². The Morgan fingerprint density at radius 3 is 2.70 bits per heavy atom. The number of hydrazone groups is 1. The minimum atomic E-state index is 0.143. The molecule has 0 unspecified atom stereocenters. The summed E-state index contributed by atoms with van der Waals surface area (Å²) in [5.74, 6) is 0.809. The fraction of sp³-hybridized carbons (Fsp3) is 0.429. The summed E-state index contributed by atoms with van der Waals surface area (Å²) < 4.78 is 11.0. The molecule has 0 aromatic heterocycles. The third-order valence-corrected chi connectivity index (χ3v) is 2.50. The molecule has 0 aliphatic heterocycles. The minimum absolute atomic E-state index is 0.143. The molecule has 5 nitrogen and oxygen atoms in total. The smallest absolute Gasteiger partial charge is 0.184 e. The zero-order valence-corrected chi connectivity index (χ0v) is 12.5. The Labute approximate surface area is 125 Å². The highest BCUT2D eigenvalue weighted by Gasteiger charge is 1.94. The first-order valence-electron chi connectivity index (χ1n) is 6.61. The topological polar surface area (TPSA) is 68.9 Å². The van der Waals surface area contributed by atoms with Gasteiger partial charge in [0, 0.05) is 6.61 Å². The van der Waals surface area contributed by atoms with Crippen LogP contribution in [0.2, 0.25) is 0 Å². The molecule has 110 valence electrons. The summed E-state index contributed by atoms with van der Waals surface area (Å²) in [5.41, 5.74) is 8.68. The minimum Gasteiger partial charge on any atom is -0.491 e. The fourth-order valence-electron chi connectivity index (χ4n) is 1.39. The average Bonchev–Trinajstić information content (AvgIpc) is 2.44. The Hall–Kier alpha value is -1.66. The molecule has 1 aromatic rings. The van der Waals surface area contributed by atoms with Crippen molar-refractivity contribution in [1.82, 2.24) is 5.43 Å². The van der Waals surface area contributed by atoms with E-state index < -0.39 is 0 Å². The van der Waals surface area contributed by atoms with Gasteiger partial charge in [-0.25, -0.2) is 0 Å². The lowest BCUT2D eigenvalue weighted by Crippen LogP contribution is -2.23. The standard InChI is InChI=1S/C14H21N3O2S/c1-2-3-8-18-9-10-19-13-6-4-12(5-7-13)11-16-17-14(15)20/h4-7,11H,2-3,8-10H2,1H3,(H3,15,17,20)/b16-11+. The highest BCUT2D eigenvalue weighted by Crippen LogP contribution is 2.10. The number of rotatable bonds is 9. The molecule has 0 fully saturated rings. The summed E-state index contributed by atoms with van der Waals surface area (Å²) in [6.45, 7) is 4.10. The molecule has 0 heterocycles. The van der Waals surface area contributed by atoms with E-state index in [-0.39, 0.29) is 5.11 Å². The molecule has 0 radical (unpaired) electrons. The number of nitrogens with zero attached hydrogens (tertiary/aromatic N) is 1. The van der Waals surface area contributed by atoms with Gasteiger partial charge in [-0.2, -0.15) is 5.10 Å². The quantitative estimate of drug-likeness (QED) is 0.316. The predicted octanol–water partition coefficient (Wildman–Crippen LogP) is 2.05. The van der Waals surface area contributed by atoms with E-state index in [4.69, 9.17) is 15.2 Å². The van der Waals surface area contributed by atoms with Crippen molar-refractivity contribution in [3.05, 3.63) is 29.8 Å². The van der Waals surface area contributed by atoms with Gasteiger partial charge in [-0.3, -0.25) is 5.43 Å². The van der Waals surface area contributed by atoms with E-state index in [1.165, 1.54) is 0 Å². The molecule has 0 aliphatic carbocycles. The SMILES string of the molecule is CCCCOCCOc1ccc(/C=N/NC(N)=S)cc1. The highest BCUT2D eigenvalue weighted by molar-refractivity contribution is 7.80. The highest BCUT2D eigenvalue weighted by atomic mass is 32.1. The third-order valence-electron chi connectivity index (χ3n) is 2.41. The average molecular weight is 295 g/mol. The molecule has 3 N–H and O–H groups in total. The maximum Gasteiger partial charge on any atom is 0.184 e. The van der Waals surface area contributed by atoms with Gasteiger partial charge in [-0.1, -0.05) is 13.3 Å². The number of nitrogens with two attached hydrogens (primary N) is 1. The van der Waals surface area contributed by atoms with Gasteiger partial charge in [0.25, 0.3) is 0 Å². The first kappa shape index (κ1) is 16.4. The van der Waals surface area contributed by atoms with E-state index in [0.29, 0.717) is 13.2 Å². The third kappa shape index (κ3) is 7.70. The largest absolute Gasteiger partial charge is 0.491 e. The van der Waals surface area contributed by atoms with Crippen LogP contribution in [0.15, 0.2) is 29.4 Å². The Balaban J connectivity index is 2.24. The zero-order chi connectivity index (χ0) is 14.6. The van der Waals surface area contributed by atoms with Crippen LogP contribution in [0, 0.1) is 0 Å². The lowest BCUT2D eigenvalue weighted by molar-refractivity contribution is 0.0980. The van der Waals surface area contributed by atoms with Crippen LogP contribution in [0.5, 0.6) is 5.75 Å². The summed E-state index contributed by atoms with van der Waals surface area (Å²) in [6, 6.07) is 7.57. The van der Waals surface area contributed by atoms with Crippen molar-refractivity contribution in [2.75, 3.05) is 19.8 Å². The molecule has 0 amide bonds. The summed E-state index contributed by atoms with van der Waals surface area (Å²) >= 11 is 4.64. The number of unbranched alkanes of at least 4 members (excludes halogenated alkanes) is 1. The van der Waals surface area contributed by atoms with Crippen LogP contribution in [-0.2, 0) is 4.74 Å². The summed E-state index contributed by atoms with van der Waals surface area (Å²) in [6.07, 6.45) is 3.87. The lowest BCUT2D eigenvalue weighted by Gasteiger charge is -2.07. The van der Waals surface area contributed by atoms with Crippen LogP contribution in [0.1, 0.15) is 25.3 Å². The van der Waals surface area contributed by atoms with Crippen molar-refractivity contribution in [3.8, 4) is 5.75 Å². The monoisotopic (exact) mass is 295 g/mol. The van der Waals surface area contributed by atoms with Gasteiger partial charge in [0.2, 0.25) is 0 Å². The van der Waals surface area contributed by atoms with Crippen LogP contribution in [0.4, 0.5) is 0 Å². The van der Waals surface area contributed by atoms with E-state index in [2.05, 4.69) is 29.7 Å². The first-order valence-corrected chi connectivity index (χ1v) is 7.02. The number of hydrogen-bond acceptors (Lipinski definition) is 4. The van der Waals surface area contributed by atoms with Gasteiger partial charge in [0.05, 0.1) is 12.8 Å². The first-order chi connectivity index (χ1) is 9.72. The maximum absolute atomic E-state index is 5.56. The van der Waals surface area contributed by atoms with Crippen LogP contribution in [0.25, 0.3) is 0 Å². The second kappa shape index (κ2) is 10.2. The van der Waals surface area contributed by atoms with E-state index in [9.17, 15) is 0 Å². The zero-order valence-electron chi connectivity index (χ0n) is 11.7. The van der Waals surface area contributed by atoms with Crippen LogP contribution in [-0.4, -0.2) is 31.1 Å². The van der Waals surface area contributed by atoms with Crippen LogP contribution < -0.4 is 15.9 Å². The van der Waals surface area contributed by atoms with Crippen LogP contribution in [0.3, 0.4) is 0 Å². The number of benzene rings is 1. The van der Waals surface area contributed by atoms with Crippen molar-refractivity contribution in [1.29, 1.82) is 0 Å². The van der Waals surface area contributed by atoms with Crippen molar-refractivity contribution in [2.45, 2.75) is 19.8 Å². The molecule has 0 bridgehead atoms. The van der Waals surface area contributed by atoms with E-state index >= 15 is 0 Å². The van der Waals surface area contributed by atoms with Gasteiger partial charge in [0.1, 0.15) is 12.4 Å². The maximum atomic E-state index is 5.56.